The molecule has 0 radical (unpaired) electrons. The van der Waals surface area contributed by atoms with Crippen molar-refractivity contribution in [3.8, 4) is 17.2 Å². The van der Waals surface area contributed by atoms with E-state index in [9.17, 15) is 5.11 Å². The molecule has 0 bridgehead atoms. The summed E-state index contributed by atoms with van der Waals surface area (Å²) in [7, 11) is 0. The molecule has 72 valence electrons. The van der Waals surface area contributed by atoms with Gasteiger partial charge < -0.3 is 9.63 Å². The van der Waals surface area contributed by atoms with Crippen LogP contribution in [0.4, 0.5) is 0 Å². The summed E-state index contributed by atoms with van der Waals surface area (Å²) in [6.45, 7) is 1.73. The summed E-state index contributed by atoms with van der Waals surface area (Å²) < 4.78 is 5.74. The van der Waals surface area contributed by atoms with Gasteiger partial charge in [0.2, 0.25) is 0 Å². The zero-order chi connectivity index (χ0) is 10.1. The van der Waals surface area contributed by atoms with Gasteiger partial charge in [0.15, 0.2) is 5.82 Å². The fourth-order valence-electron chi connectivity index (χ4n) is 1.09. The van der Waals surface area contributed by atoms with Crippen molar-refractivity contribution in [3.05, 3.63) is 28.5 Å². The number of hydrogen-bond donors (Lipinski definition) is 1. The summed E-state index contributed by atoms with van der Waals surface area (Å²) in [5, 5.41) is 13.2. The Balaban J connectivity index is 2.52. The third kappa shape index (κ3) is 1.63. The van der Waals surface area contributed by atoms with Gasteiger partial charge in [-0.1, -0.05) is 21.1 Å². The average Bonchev–Trinajstić information content (AvgIpc) is 2.51. The van der Waals surface area contributed by atoms with Crippen LogP contribution in [0.25, 0.3) is 11.5 Å². The maximum Gasteiger partial charge on any atom is 0.261 e. The molecule has 4 nitrogen and oxygen atoms in total. The van der Waals surface area contributed by atoms with Crippen molar-refractivity contribution in [1.82, 2.24) is 10.1 Å². The highest BCUT2D eigenvalue weighted by molar-refractivity contribution is 9.10. The molecule has 0 aliphatic rings. The number of hydrogen-bond acceptors (Lipinski definition) is 4. The van der Waals surface area contributed by atoms with Crippen LogP contribution in [0.3, 0.4) is 0 Å². The summed E-state index contributed by atoms with van der Waals surface area (Å²) >= 11 is 3.25. The molecule has 0 spiro atoms. The lowest BCUT2D eigenvalue weighted by Gasteiger charge is -1.98. The smallest absolute Gasteiger partial charge is 0.261 e. The van der Waals surface area contributed by atoms with E-state index in [1.807, 2.05) is 0 Å². The topological polar surface area (TPSA) is 59.2 Å². The molecule has 2 rings (SSSR count). The van der Waals surface area contributed by atoms with Gasteiger partial charge in [0.25, 0.3) is 5.89 Å². The molecule has 1 N–H and O–H groups in total. The van der Waals surface area contributed by atoms with Gasteiger partial charge in [0, 0.05) is 4.47 Å². The molecule has 2 aromatic rings. The van der Waals surface area contributed by atoms with Crippen LogP contribution < -0.4 is 0 Å². The van der Waals surface area contributed by atoms with Crippen molar-refractivity contribution >= 4 is 15.9 Å². The molecule has 1 aromatic carbocycles. The summed E-state index contributed by atoms with van der Waals surface area (Å²) in [6.07, 6.45) is 0. The zero-order valence-electron chi connectivity index (χ0n) is 7.36. The number of aromatic hydroxyl groups is 1. The normalized spacial score (nSPS) is 10.4. The molecule has 0 saturated heterocycles. The molecule has 0 atom stereocenters. The summed E-state index contributed by atoms with van der Waals surface area (Å²) in [5.74, 6) is 0.984. The predicted molar refractivity (Wildman–Crippen MR) is 53.8 cm³/mol. The highest BCUT2D eigenvalue weighted by Gasteiger charge is 2.10. The molecule has 0 aliphatic heterocycles. The van der Waals surface area contributed by atoms with Crippen LogP contribution in [0.15, 0.2) is 27.2 Å². The van der Waals surface area contributed by atoms with Gasteiger partial charge in [0.1, 0.15) is 5.75 Å². The zero-order valence-corrected chi connectivity index (χ0v) is 8.95. The predicted octanol–water partition coefficient (Wildman–Crippen LogP) is 2.51. The van der Waals surface area contributed by atoms with Gasteiger partial charge in [-0.15, -0.1) is 0 Å². The minimum absolute atomic E-state index is 0.114. The second kappa shape index (κ2) is 3.42. The van der Waals surface area contributed by atoms with Crippen LogP contribution in [0, 0.1) is 6.92 Å². The van der Waals surface area contributed by atoms with E-state index in [1.54, 1.807) is 25.1 Å². The Bertz CT molecular complexity index is 468. The Hall–Kier alpha value is -1.36. The lowest BCUT2D eigenvalue weighted by molar-refractivity contribution is 0.420. The number of benzene rings is 1. The largest absolute Gasteiger partial charge is 0.507 e. The van der Waals surface area contributed by atoms with Gasteiger partial charge >= 0.3 is 0 Å². The molecular weight excluding hydrogens is 248 g/mol. The van der Waals surface area contributed by atoms with Crippen LogP contribution >= 0.6 is 15.9 Å². The molecule has 0 saturated carbocycles. The standard InChI is InChI=1S/C9H7BrN2O2/c1-5-11-9(14-12-5)7-3-2-6(10)4-8(7)13/h2-4,13H,1H3. The number of halogens is 1. The van der Waals surface area contributed by atoms with E-state index in [1.165, 1.54) is 0 Å². The maximum absolute atomic E-state index is 9.60. The number of rotatable bonds is 1. The molecular formula is C9H7BrN2O2. The van der Waals surface area contributed by atoms with Crippen molar-refractivity contribution in [2.45, 2.75) is 6.92 Å². The second-order valence-corrected chi connectivity index (χ2v) is 3.72. The molecule has 1 heterocycles. The fraction of sp³-hybridized carbons (Fsp3) is 0.111. The van der Waals surface area contributed by atoms with Gasteiger partial charge in [-0.05, 0) is 25.1 Å². The SMILES string of the molecule is Cc1noc(-c2ccc(Br)cc2O)n1. The van der Waals surface area contributed by atoms with E-state index in [0.717, 1.165) is 4.47 Å². The Morgan fingerprint density at radius 3 is 2.79 bits per heavy atom. The van der Waals surface area contributed by atoms with Crippen LogP contribution in [0.1, 0.15) is 5.82 Å². The van der Waals surface area contributed by atoms with Gasteiger partial charge in [-0.2, -0.15) is 4.98 Å². The quantitative estimate of drug-likeness (QED) is 0.850. The van der Waals surface area contributed by atoms with Crippen molar-refractivity contribution in [1.29, 1.82) is 0 Å². The van der Waals surface area contributed by atoms with E-state index in [-0.39, 0.29) is 5.75 Å². The van der Waals surface area contributed by atoms with E-state index < -0.39 is 0 Å². The first-order chi connectivity index (χ1) is 6.66. The van der Waals surface area contributed by atoms with E-state index in [4.69, 9.17) is 4.52 Å². The van der Waals surface area contributed by atoms with Crippen LogP contribution in [0.5, 0.6) is 5.75 Å². The highest BCUT2D eigenvalue weighted by atomic mass is 79.9. The first kappa shape index (κ1) is 9.21. The molecule has 0 amide bonds. The Kier molecular flexibility index (Phi) is 2.25. The minimum Gasteiger partial charge on any atom is -0.507 e. The first-order valence-electron chi connectivity index (χ1n) is 3.96. The van der Waals surface area contributed by atoms with E-state index in [0.29, 0.717) is 17.3 Å². The van der Waals surface area contributed by atoms with Crippen molar-refractivity contribution in [2.75, 3.05) is 0 Å². The number of nitrogens with zero attached hydrogens (tertiary/aromatic N) is 2. The number of phenolic OH excluding ortho intramolecular Hbond substituents is 1. The number of aromatic nitrogens is 2. The molecule has 5 heteroatoms. The third-order valence-electron chi connectivity index (χ3n) is 1.72. The molecule has 0 fully saturated rings. The lowest BCUT2D eigenvalue weighted by Crippen LogP contribution is -1.79. The van der Waals surface area contributed by atoms with Crippen molar-refractivity contribution in [3.63, 3.8) is 0 Å². The summed E-state index contributed by atoms with van der Waals surface area (Å²) in [5.41, 5.74) is 0.536. The van der Waals surface area contributed by atoms with Crippen molar-refractivity contribution < 1.29 is 9.63 Å². The minimum atomic E-state index is 0.114. The van der Waals surface area contributed by atoms with Crippen LogP contribution in [-0.2, 0) is 0 Å². The first-order valence-corrected chi connectivity index (χ1v) is 4.75. The van der Waals surface area contributed by atoms with Crippen LogP contribution in [0.2, 0.25) is 0 Å². The Morgan fingerprint density at radius 2 is 2.21 bits per heavy atom. The summed E-state index contributed by atoms with van der Waals surface area (Å²) in [4.78, 5) is 4.02. The monoisotopic (exact) mass is 254 g/mol. The Labute approximate surface area is 88.7 Å². The lowest BCUT2D eigenvalue weighted by atomic mass is 10.2. The van der Waals surface area contributed by atoms with Gasteiger partial charge in [-0.3, -0.25) is 0 Å². The van der Waals surface area contributed by atoms with Gasteiger partial charge in [0.05, 0.1) is 5.56 Å². The highest BCUT2D eigenvalue weighted by Crippen LogP contribution is 2.30. The van der Waals surface area contributed by atoms with Gasteiger partial charge in [-0.25, -0.2) is 0 Å². The fourth-order valence-corrected chi connectivity index (χ4v) is 1.44. The molecule has 0 aliphatic carbocycles. The maximum atomic E-state index is 9.60. The number of phenols is 1. The Morgan fingerprint density at radius 1 is 1.43 bits per heavy atom. The molecule has 14 heavy (non-hydrogen) atoms. The van der Waals surface area contributed by atoms with E-state index in [2.05, 4.69) is 26.1 Å². The number of aryl methyl sites for hydroxylation is 1. The third-order valence-corrected chi connectivity index (χ3v) is 2.21. The molecule has 1 aromatic heterocycles. The van der Waals surface area contributed by atoms with Crippen LogP contribution in [-0.4, -0.2) is 15.2 Å². The summed E-state index contributed by atoms with van der Waals surface area (Å²) in [6, 6.07) is 5.09. The average molecular weight is 255 g/mol. The second-order valence-electron chi connectivity index (χ2n) is 2.81. The van der Waals surface area contributed by atoms with Crippen molar-refractivity contribution in [2.24, 2.45) is 0 Å². The van der Waals surface area contributed by atoms with E-state index >= 15 is 0 Å². The molecule has 0 unspecified atom stereocenters.